The predicted octanol–water partition coefficient (Wildman–Crippen LogP) is 9.42. The molecule has 10 atom stereocenters. The number of nitrogens with one attached hydrogen (secondary N) is 2. The number of fused-ring (bicyclic) bond motifs is 2. The largest absolute Gasteiger partial charge is 0.297 e. The first-order chi connectivity index (χ1) is 34.4. The highest BCUT2D eigenvalue weighted by atomic mass is 32.2. The van der Waals surface area contributed by atoms with E-state index in [4.69, 9.17) is 9.68 Å². The summed E-state index contributed by atoms with van der Waals surface area (Å²) < 4.78 is 57.1. The predicted molar refractivity (Wildman–Crippen MR) is 280 cm³/mol. The van der Waals surface area contributed by atoms with E-state index in [-0.39, 0.29) is 69.1 Å². The second kappa shape index (κ2) is 20.7. The van der Waals surface area contributed by atoms with E-state index < -0.39 is 31.9 Å². The van der Waals surface area contributed by atoms with Gasteiger partial charge in [0, 0.05) is 22.9 Å². The van der Waals surface area contributed by atoms with Crippen LogP contribution >= 0.6 is 0 Å². The Morgan fingerprint density at radius 3 is 1.17 bits per heavy atom. The van der Waals surface area contributed by atoms with Gasteiger partial charge in [-0.15, -0.1) is 0 Å². The van der Waals surface area contributed by atoms with Crippen molar-refractivity contribution < 1.29 is 36.1 Å². The van der Waals surface area contributed by atoms with Gasteiger partial charge in [-0.2, -0.15) is 11.0 Å². The van der Waals surface area contributed by atoms with Crippen LogP contribution in [0.15, 0.2) is 121 Å². The van der Waals surface area contributed by atoms with Crippen LogP contribution in [0.2, 0.25) is 0 Å². The van der Waals surface area contributed by atoms with Gasteiger partial charge in [0.05, 0.1) is 48.6 Å². The van der Waals surface area contributed by atoms with E-state index in [1.54, 1.807) is 0 Å². The van der Waals surface area contributed by atoms with E-state index in [9.17, 15) is 26.4 Å². The standard InChI is InChI=1S/2C29H38N2O4S/c2*1-4-25(30-35-19-22-13-9-6-10-14-22)24(17-21-11-7-5-8-12-21)27(32)31-26-18-23-15-16-29(26,28(23,2)3)20-36(31,33)34/h2*5-14,23-26,30H,4,15-20H2,1-3H3/t2*23-,24-,25+,26-,29-/m11/s1. The van der Waals surface area contributed by atoms with Gasteiger partial charge in [0.25, 0.3) is 0 Å². The number of hydrogen-bond donors (Lipinski definition) is 2. The van der Waals surface area contributed by atoms with Crippen molar-refractivity contribution in [3.05, 3.63) is 144 Å². The highest BCUT2D eigenvalue weighted by Gasteiger charge is 2.74. The number of hydrogen-bond acceptors (Lipinski definition) is 10. The van der Waals surface area contributed by atoms with Crippen LogP contribution in [0.3, 0.4) is 0 Å². The second-order valence-electron chi connectivity index (χ2n) is 22.9. The van der Waals surface area contributed by atoms with E-state index in [0.29, 0.717) is 50.7 Å². The Morgan fingerprint density at radius 1 is 0.542 bits per heavy atom. The van der Waals surface area contributed by atoms with Gasteiger partial charge < -0.3 is 0 Å². The van der Waals surface area contributed by atoms with E-state index in [1.165, 1.54) is 8.61 Å². The quantitative estimate of drug-likeness (QED) is 0.0923. The fourth-order valence-electron chi connectivity index (χ4n) is 14.5. The molecule has 2 aliphatic heterocycles. The Kier molecular flexibility index (Phi) is 15.1. The summed E-state index contributed by atoms with van der Waals surface area (Å²) in [5.74, 6) is -0.566. The third-order valence-corrected chi connectivity index (χ3v) is 22.8. The Labute approximate surface area is 429 Å². The zero-order chi connectivity index (χ0) is 51.1. The highest BCUT2D eigenvalue weighted by molar-refractivity contribution is 7.90. The van der Waals surface area contributed by atoms with Crippen LogP contribution in [0.25, 0.3) is 0 Å². The molecule has 10 rings (SSSR count). The summed E-state index contributed by atoms with van der Waals surface area (Å²) >= 11 is 0. The topological polar surface area (TPSA) is 151 Å². The van der Waals surface area contributed by atoms with E-state index in [2.05, 4.69) is 38.7 Å². The zero-order valence-corrected chi connectivity index (χ0v) is 44.7. The Bertz CT molecular complexity index is 2560. The lowest BCUT2D eigenvalue weighted by atomic mass is 9.69. The molecule has 2 N–H and O–H groups in total. The van der Waals surface area contributed by atoms with Crippen LogP contribution in [-0.2, 0) is 65.4 Å². The number of benzene rings is 4. The minimum absolute atomic E-state index is 0.0735. The average molecular weight is 1020 g/mol. The van der Waals surface area contributed by atoms with Crippen molar-refractivity contribution in [3.63, 3.8) is 0 Å². The summed E-state index contributed by atoms with van der Waals surface area (Å²) in [5.41, 5.74) is 9.54. The third-order valence-electron chi connectivity index (χ3n) is 19.0. The maximum Gasteiger partial charge on any atom is 0.241 e. The van der Waals surface area contributed by atoms with Crippen molar-refractivity contribution in [2.75, 3.05) is 11.5 Å². The fourth-order valence-corrected chi connectivity index (χ4v) is 19.7. The van der Waals surface area contributed by atoms with Crippen LogP contribution in [-0.4, -0.2) is 72.9 Å². The van der Waals surface area contributed by atoms with E-state index in [0.717, 1.165) is 60.8 Å². The first-order valence-electron chi connectivity index (χ1n) is 26.4. The lowest BCUT2D eigenvalue weighted by Gasteiger charge is -2.38. The molecular weight excluding hydrogens is 945 g/mol. The van der Waals surface area contributed by atoms with Crippen molar-refractivity contribution in [2.24, 2.45) is 45.3 Å². The number of amides is 2. The molecular formula is C58H76N4O8S2. The van der Waals surface area contributed by atoms with E-state index >= 15 is 0 Å². The average Bonchev–Trinajstić information content (AvgIpc) is 4.07. The van der Waals surface area contributed by atoms with E-state index in [1.807, 2.05) is 135 Å². The molecule has 4 aromatic rings. The monoisotopic (exact) mass is 1020 g/mol. The van der Waals surface area contributed by atoms with Gasteiger partial charge in [-0.05, 0) is 109 Å². The smallest absolute Gasteiger partial charge is 0.241 e. The molecule has 72 heavy (non-hydrogen) atoms. The summed E-state index contributed by atoms with van der Waals surface area (Å²) in [6.07, 6.45) is 7.63. The summed E-state index contributed by atoms with van der Waals surface area (Å²) in [7, 11) is -7.38. The molecule has 12 nitrogen and oxygen atoms in total. The van der Waals surface area contributed by atoms with Gasteiger partial charge in [0.1, 0.15) is 0 Å². The normalized spacial score (nSPS) is 29.1. The molecule has 6 fully saturated rings. The molecule has 4 bridgehead atoms. The minimum atomic E-state index is -3.69. The van der Waals surface area contributed by atoms with Crippen molar-refractivity contribution in [3.8, 4) is 0 Å². The zero-order valence-electron chi connectivity index (χ0n) is 43.0. The van der Waals surface area contributed by atoms with Crippen molar-refractivity contribution in [1.29, 1.82) is 0 Å². The molecule has 0 radical (unpaired) electrons. The summed E-state index contributed by atoms with van der Waals surface area (Å²) in [6.45, 7) is 13.6. The van der Waals surface area contributed by atoms with Gasteiger partial charge in [0.2, 0.25) is 31.9 Å². The minimum Gasteiger partial charge on any atom is -0.297 e. The second-order valence-corrected chi connectivity index (χ2v) is 26.6. The number of carbonyl (C=O) groups excluding carboxylic acids is 2. The first-order valence-corrected chi connectivity index (χ1v) is 29.6. The number of nitrogens with zero attached hydrogens (tertiary/aromatic N) is 2. The summed E-state index contributed by atoms with van der Waals surface area (Å²) in [6, 6.07) is 38.3. The van der Waals surface area contributed by atoms with Crippen LogP contribution in [0, 0.1) is 45.3 Å². The molecule has 4 aromatic carbocycles. The van der Waals surface area contributed by atoms with Gasteiger partial charge in [-0.1, -0.05) is 163 Å². The van der Waals surface area contributed by atoms with Gasteiger partial charge >= 0.3 is 0 Å². The molecule has 4 saturated carbocycles. The SMILES string of the molecule is CC[C@H](NOCc1ccccc1)[C@@H](Cc1ccccc1)C(=O)N1[C@@H]2C[C@H]3CC[C@]2(CS1(=O)=O)C3(C)C.CC[C@H](NOCc1ccccc1)[C@@H](Cc1ccccc1)C(=O)N1[C@@H]2C[C@H]3CC[C@]2(CS1(=O)=O)C3(C)C. The summed E-state index contributed by atoms with van der Waals surface area (Å²) in [4.78, 5) is 40.3. The Morgan fingerprint density at radius 2 is 0.861 bits per heavy atom. The molecule has 2 spiro atoms. The molecule has 388 valence electrons. The third kappa shape index (κ3) is 9.50. The van der Waals surface area contributed by atoms with Crippen LogP contribution in [0.5, 0.6) is 0 Å². The fraction of sp³-hybridized carbons (Fsp3) is 0.552. The number of rotatable bonds is 18. The number of hydroxylamine groups is 2. The van der Waals surface area contributed by atoms with Crippen molar-refractivity contribution >= 4 is 31.9 Å². The molecule has 2 heterocycles. The lowest BCUT2D eigenvalue weighted by molar-refractivity contribution is -0.137. The molecule has 4 aliphatic carbocycles. The molecule has 2 amide bonds. The van der Waals surface area contributed by atoms with Crippen molar-refractivity contribution in [2.45, 2.75) is 143 Å². The molecule has 14 heteroatoms. The molecule has 0 unspecified atom stereocenters. The number of carbonyl (C=O) groups is 2. The Hall–Kier alpha value is -4.44. The summed E-state index contributed by atoms with van der Waals surface area (Å²) in [5, 5.41) is 0. The van der Waals surface area contributed by atoms with Gasteiger partial charge in [0.15, 0.2) is 0 Å². The van der Waals surface area contributed by atoms with Crippen molar-refractivity contribution in [1.82, 2.24) is 19.6 Å². The molecule has 0 aromatic heterocycles. The van der Waals surface area contributed by atoms with Crippen LogP contribution < -0.4 is 11.0 Å². The lowest BCUT2D eigenvalue weighted by Crippen LogP contribution is -2.51. The first kappa shape index (κ1) is 52.4. The van der Waals surface area contributed by atoms with Gasteiger partial charge in [-0.25, -0.2) is 25.4 Å². The maximum absolute atomic E-state index is 14.3. The van der Waals surface area contributed by atoms with Crippen LogP contribution in [0.1, 0.15) is 115 Å². The Balaban J connectivity index is 0.000000178. The molecule has 6 aliphatic rings. The molecule has 2 saturated heterocycles. The maximum atomic E-state index is 14.3. The van der Waals surface area contributed by atoms with Crippen LogP contribution in [0.4, 0.5) is 0 Å². The van der Waals surface area contributed by atoms with Gasteiger partial charge in [-0.3, -0.25) is 19.3 Å². The highest BCUT2D eigenvalue weighted by Crippen LogP contribution is 2.71. The number of sulfonamides is 2.